The van der Waals surface area contributed by atoms with Gasteiger partial charge in [0, 0.05) is 0 Å². The van der Waals surface area contributed by atoms with Gasteiger partial charge in [0.25, 0.3) is 8.32 Å². The van der Waals surface area contributed by atoms with E-state index in [1.54, 1.807) is 0 Å². The van der Waals surface area contributed by atoms with Crippen molar-refractivity contribution in [1.82, 2.24) is 0 Å². The van der Waals surface area contributed by atoms with Crippen LogP contribution in [-0.2, 0) is 25.3 Å². The van der Waals surface area contributed by atoms with Gasteiger partial charge in [0.05, 0.1) is 13.2 Å². The monoisotopic (exact) mass is 530 g/mol. The third kappa shape index (κ3) is 7.31. The van der Waals surface area contributed by atoms with Crippen molar-refractivity contribution in [3.63, 3.8) is 0 Å². The molecule has 1 atom stereocenters. The first-order chi connectivity index (χ1) is 18.2. The molecule has 38 heavy (non-hydrogen) atoms. The molecule has 0 saturated carbocycles. The van der Waals surface area contributed by atoms with Gasteiger partial charge in [-0.2, -0.15) is 0 Å². The Kier molecular flexibility index (Phi) is 10.7. The number of hydrogen-bond donors (Lipinski definition) is 0. The molecule has 0 fully saturated rings. The molecule has 3 aromatic carbocycles. The van der Waals surface area contributed by atoms with Crippen LogP contribution < -0.4 is 10.4 Å². The summed E-state index contributed by atoms with van der Waals surface area (Å²) in [6, 6.07) is 31.1. The van der Waals surface area contributed by atoms with Gasteiger partial charge >= 0.3 is 5.97 Å². The van der Waals surface area contributed by atoms with Crippen LogP contribution in [0.25, 0.3) is 0 Å². The minimum Gasteiger partial charge on any atom is -0.456 e. The minimum atomic E-state index is -2.65. The summed E-state index contributed by atoms with van der Waals surface area (Å²) in [5.74, 6) is -0.354. The van der Waals surface area contributed by atoms with Crippen molar-refractivity contribution in [2.24, 2.45) is 0 Å². The highest BCUT2D eigenvalue weighted by atomic mass is 28.4. The van der Waals surface area contributed by atoms with Crippen molar-refractivity contribution in [2.75, 3.05) is 13.2 Å². The van der Waals surface area contributed by atoms with Crippen molar-refractivity contribution >= 4 is 24.7 Å². The van der Waals surface area contributed by atoms with Gasteiger partial charge in [-0.15, -0.1) is 0 Å². The molecule has 0 amide bonds. The third-order valence-electron chi connectivity index (χ3n) is 7.05. The molecule has 202 valence electrons. The van der Waals surface area contributed by atoms with E-state index in [0.717, 1.165) is 16.7 Å². The highest BCUT2D eigenvalue weighted by molar-refractivity contribution is 6.99. The summed E-state index contributed by atoms with van der Waals surface area (Å²) in [6.07, 6.45) is 0.373. The second kappa shape index (κ2) is 13.7. The van der Waals surface area contributed by atoms with Gasteiger partial charge in [-0.25, -0.2) is 4.79 Å². The van der Waals surface area contributed by atoms with Gasteiger partial charge in [-0.1, -0.05) is 119 Å². The number of rotatable bonds is 12. The lowest BCUT2D eigenvalue weighted by Crippen LogP contribution is -2.66. The summed E-state index contributed by atoms with van der Waals surface area (Å²) in [4.78, 5) is 12.6. The van der Waals surface area contributed by atoms with Gasteiger partial charge in [0.2, 0.25) is 0 Å². The molecular weight excluding hydrogens is 488 g/mol. The topological polar surface area (TPSA) is 44.8 Å². The van der Waals surface area contributed by atoms with E-state index >= 15 is 0 Å². The average molecular weight is 531 g/mol. The lowest BCUT2D eigenvalue weighted by molar-refractivity contribution is -0.153. The zero-order valence-electron chi connectivity index (χ0n) is 23.7. The molecule has 3 aromatic rings. The number of hydrogen-bond acceptors (Lipinski definition) is 4. The first-order valence-corrected chi connectivity index (χ1v) is 15.3. The van der Waals surface area contributed by atoms with Crippen molar-refractivity contribution in [1.29, 1.82) is 0 Å². The fourth-order valence-electron chi connectivity index (χ4n) is 4.86. The van der Waals surface area contributed by atoms with E-state index in [2.05, 4.69) is 88.4 Å². The summed E-state index contributed by atoms with van der Waals surface area (Å²) in [5, 5.41) is 2.40. The molecule has 0 unspecified atom stereocenters. The Balaban J connectivity index is 1.76. The minimum absolute atomic E-state index is 0.0731. The van der Waals surface area contributed by atoms with Crippen LogP contribution in [0.15, 0.2) is 102 Å². The molecule has 0 N–H and O–H groups in total. The number of carbonyl (C=O) groups excluding carboxylic acids is 1. The van der Waals surface area contributed by atoms with E-state index in [4.69, 9.17) is 13.9 Å². The predicted octanol–water partition coefficient (Wildman–Crippen LogP) is 6.44. The molecule has 0 aromatic heterocycles. The maximum Gasteiger partial charge on any atom is 0.332 e. The maximum absolute atomic E-state index is 12.6. The van der Waals surface area contributed by atoms with Gasteiger partial charge < -0.3 is 13.9 Å². The van der Waals surface area contributed by atoms with E-state index < -0.39 is 8.32 Å². The quantitative estimate of drug-likeness (QED) is 0.154. The van der Waals surface area contributed by atoms with Gasteiger partial charge in [0.1, 0.15) is 12.7 Å². The number of esters is 1. The summed E-state index contributed by atoms with van der Waals surface area (Å²) in [5.41, 5.74) is 3.14. The molecule has 3 rings (SSSR count). The van der Waals surface area contributed by atoms with E-state index in [9.17, 15) is 4.79 Å². The molecule has 5 heteroatoms. The fourth-order valence-corrected chi connectivity index (χ4v) is 9.45. The van der Waals surface area contributed by atoms with Crippen LogP contribution >= 0.6 is 0 Å². The van der Waals surface area contributed by atoms with E-state index in [1.807, 2.05) is 44.2 Å². The molecule has 4 nitrogen and oxygen atoms in total. The standard InChI is InChI=1S/C33H42O4Si/c1-7-31(37-32(34)25-35-24-28-17-11-8-12-18-28)27(3)26(2)23-36-38(33(4,5)6,29-19-13-9-14-20-29)30-21-15-10-16-22-30/h8-22,31H,7,23-25H2,1-6H3/b27-26+/t31-/m1/s1. The van der Waals surface area contributed by atoms with Crippen molar-refractivity contribution < 1.29 is 18.7 Å². The summed E-state index contributed by atoms with van der Waals surface area (Å²) in [6.45, 7) is 13.8. The Bertz CT molecular complexity index is 1130. The predicted molar refractivity (Wildman–Crippen MR) is 158 cm³/mol. The first kappa shape index (κ1) is 29.6. The lowest BCUT2D eigenvalue weighted by Gasteiger charge is -2.43. The van der Waals surface area contributed by atoms with Crippen LogP contribution in [0.1, 0.15) is 53.5 Å². The molecule has 0 radical (unpaired) electrons. The molecule has 0 aliphatic rings. The summed E-state index contributed by atoms with van der Waals surface area (Å²) >= 11 is 0. The van der Waals surface area contributed by atoms with Crippen molar-refractivity contribution in [3.8, 4) is 0 Å². The SMILES string of the molecule is CC[C@@H](OC(=O)COCc1ccccc1)/C(C)=C(\C)CO[Si](c1ccccc1)(c1ccccc1)C(C)(C)C. The Hall–Kier alpha value is -2.99. The first-order valence-electron chi connectivity index (χ1n) is 13.4. The summed E-state index contributed by atoms with van der Waals surface area (Å²) < 4.78 is 18.5. The van der Waals surface area contributed by atoms with E-state index in [-0.39, 0.29) is 23.7 Å². The Morgan fingerprint density at radius 2 is 1.29 bits per heavy atom. The van der Waals surface area contributed by atoms with Crippen LogP contribution in [-0.4, -0.2) is 33.6 Å². The fraction of sp³-hybridized carbons (Fsp3) is 0.364. The normalized spacial score (nSPS) is 13.5. The smallest absolute Gasteiger partial charge is 0.332 e. The van der Waals surface area contributed by atoms with Crippen molar-refractivity contribution in [2.45, 2.75) is 65.7 Å². The van der Waals surface area contributed by atoms with Crippen LogP contribution in [0.4, 0.5) is 0 Å². The second-order valence-electron chi connectivity index (χ2n) is 10.8. The second-order valence-corrected chi connectivity index (χ2v) is 15.1. The largest absolute Gasteiger partial charge is 0.456 e. The van der Waals surface area contributed by atoms with Crippen LogP contribution in [0.2, 0.25) is 5.04 Å². The number of carbonyl (C=O) groups is 1. The van der Waals surface area contributed by atoms with E-state index in [0.29, 0.717) is 19.6 Å². The molecule has 0 bridgehead atoms. The maximum atomic E-state index is 12.6. The van der Waals surface area contributed by atoms with Crippen LogP contribution in [0.5, 0.6) is 0 Å². The summed E-state index contributed by atoms with van der Waals surface area (Å²) in [7, 11) is -2.65. The van der Waals surface area contributed by atoms with Crippen molar-refractivity contribution in [3.05, 3.63) is 108 Å². The average Bonchev–Trinajstić information content (AvgIpc) is 2.92. The van der Waals surface area contributed by atoms with Gasteiger partial charge in [-0.3, -0.25) is 0 Å². The number of benzene rings is 3. The lowest BCUT2D eigenvalue weighted by atomic mass is 10.0. The zero-order chi connectivity index (χ0) is 27.6. The van der Waals surface area contributed by atoms with Crippen LogP contribution in [0, 0.1) is 0 Å². The zero-order valence-corrected chi connectivity index (χ0v) is 24.7. The molecule has 0 heterocycles. The molecular formula is C33H42O4Si. The van der Waals surface area contributed by atoms with E-state index in [1.165, 1.54) is 10.4 Å². The molecule has 0 aliphatic heterocycles. The number of ether oxygens (including phenoxy) is 2. The van der Waals surface area contributed by atoms with Gasteiger partial charge in [-0.05, 0) is 52.4 Å². The molecule has 0 spiro atoms. The Labute approximate surface area is 229 Å². The van der Waals surface area contributed by atoms with Crippen LogP contribution in [0.3, 0.4) is 0 Å². The third-order valence-corrected chi connectivity index (χ3v) is 12.0. The highest BCUT2D eigenvalue weighted by Crippen LogP contribution is 2.37. The molecule has 0 saturated heterocycles. The van der Waals surface area contributed by atoms with Gasteiger partial charge in [0.15, 0.2) is 0 Å². The molecule has 0 aliphatic carbocycles. The Morgan fingerprint density at radius 3 is 1.76 bits per heavy atom. The Morgan fingerprint density at radius 1 is 0.789 bits per heavy atom. The highest BCUT2D eigenvalue weighted by Gasteiger charge is 2.50.